The first-order valence-corrected chi connectivity index (χ1v) is 11.5. The van der Waals surface area contributed by atoms with Crippen molar-refractivity contribution in [2.24, 2.45) is 0 Å². The molecule has 0 bridgehead atoms. The highest BCUT2D eigenvalue weighted by Crippen LogP contribution is 2.33. The number of hydrogen-bond acceptors (Lipinski definition) is 7. The molecule has 0 N–H and O–H groups in total. The van der Waals surface area contributed by atoms with Gasteiger partial charge in [0.25, 0.3) is 11.1 Å². The summed E-state index contributed by atoms with van der Waals surface area (Å²) in [5.41, 5.74) is 1.52. The average Bonchev–Trinajstić information content (AvgIpc) is 3.40. The smallest absolute Gasteiger partial charge is 0.338 e. The number of amides is 2. The third-order valence-electron chi connectivity index (χ3n) is 4.92. The van der Waals surface area contributed by atoms with Crippen molar-refractivity contribution < 1.29 is 28.3 Å². The maximum atomic E-state index is 12.7. The molecule has 0 saturated carbocycles. The van der Waals surface area contributed by atoms with E-state index in [9.17, 15) is 19.2 Å². The fourth-order valence-corrected chi connectivity index (χ4v) is 4.15. The Hall–Kier alpha value is -3.62. The summed E-state index contributed by atoms with van der Waals surface area (Å²) in [5.74, 6) is -0.432. The molecule has 1 aliphatic rings. The van der Waals surface area contributed by atoms with Crippen molar-refractivity contribution in [3.63, 3.8) is 0 Å². The number of rotatable bonds is 7. The van der Waals surface area contributed by atoms with E-state index < -0.39 is 17.1 Å². The van der Waals surface area contributed by atoms with Crippen LogP contribution in [0, 0.1) is 0 Å². The van der Waals surface area contributed by atoms with Gasteiger partial charge >= 0.3 is 5.97 Å². The molecular formula is C25H18ClNO6S. The normalized spacial score (nSPS) is 14.6. The molecule has 1 fully saturated rings. The summed E-state index contributed by atoms with van der Waals surface area (Å²) in [5, 5.41) is -0.0432. The number of furan rings is 1. The molecule has 2 aromatic carbocycles. The third-order valence-corrected chi connectivity index (χ3v) is 6.08. The highest BCUT2D eigenvalue weighted by atomic mass is 35.5. The van der Waals surface area contributed by atoms with Gasteiger partial charge in [-0.25, -0.2) is 4.79 Å². The lowest BCUT2D eigenvalue weighted by atomic mass is 10.1. The monoisotopic (exact) mass is 495 g/mol. The van der Waals surface area contributed by atoms with Gasteiger partial charge in [-0.3, -0.25) is 19.3 Å². The van der Waals surface area contributed by atoms with E-state index in [2.05, 4.69) is 0 Å². The highest BCUT2D eigenvalue weighted by Gasteiger charge is 2.36. The van der Waals surface area contributed by atoms with Crippen molar-refractivity contribution in [1.82, 2.24) is 4.90 Å². The summed E-state index contributed by atoms with van der Waals surface area (Å²) >= 11 is 6.58. The van der Waals surface area contributed by atoms with Crippen LogP contribution in [0.4, 0.5) is 4.79 Å². The molecule has 1 aromatic heterocycles. The number of carbonyl (C=O) groups is 4. The van der Waals surface area contributed by atoms with Gasteiger partial charge in [-0.2, -0.15) is 0 Å². The second-order valence-corrected chi connectivity index (χ2v) is 8.63. The number of halogens is 1. The van der Waals surface area contributed by atoms with Gasteiger partial charge in [-0.15, -0.1) is 0 Å². The molecule has 0 unspecified atom stereocenters. The molecule has 172 valence electrons. The van der Waals surface area contributed by atoms with Gasteiger partial charge in [0.15, 0.2) is 5.78 Å². The van der Waals surface area contributed by atoms with Crippen molar-refractivity contribution in [2.45, 2.75) is 6.92 Å². The summed E-state index contributed by atoms with van der Waals surface area (Å²) in [4.78, 5) is 50.4. The van der Waals surface area contributed by atoms with Crippen LogP contribution < -0.4 is 0 Å². The summed E-state index contributed by atoms with van der Waals surface area (Å²) in [6, 6.07) is 16.4. The number of nitrogens with zero attached hydrogens (tertiary/aromatic N) is 1. The van der Waals surface area contributed by atoms with Gasteiger partial charge < -0.3 is 9.15 Å². The van der Waals surface area contributed by atoms with Gasteiger partial charge in [-0.05, 0) is 67.2 Å². The van der Waals surface area contributed by atoms with E-state index >= 15 is 0 Å². The summed E-state index contributed by atoms with van der Waals surface area (Å²) < 4.78 is 10.8. The second-order valence-electron chi connectivity index (χ2n) is 7.20. The average molecular weight is 496 g/mol. The number of carbonyl (C=O) groups excluding carboxylic acids is 4. The van der Waals surface area contributed by atoms with E-state index in [1.807, 2.05) is 0 Å². The molecule has 1 aliphatic heterocycles. The Morgan fingerprint density at radius 3 is 2.35 bits per heavy atom. The highest BCUT2D eigenvalue weighted by molar-refractivity contribution is 8.18. The molecule has 0 aliphatic carbocycles. The Labute approximate surface area is 204 Å². The molecule has 2 amide bonds. The molecule has 34 heavy (non-hydrogen) atoms. The van der Waals surface area contributed by atoms with Crippen LogP contribution in [0.5, 0.6) is 0 Å². The van der Waals surface area contributed by atoms with E-state index in [0.717, 1.165) is 22.2 Å². The van der Waals surface area contributed by atoms with Crippen LogP contribution in [0.3, 0.4) is 0 Å². The third kappa shape index (κ3) is 5.13. The minimum Gasteiger partial charge on any atom is -0.462 e. The van der Waals surface area contributed by atoms with Gasteiger partial charge in [-0.1, -0.05) is 23.7 Å². The molecule has 9 heteroatoms. The van der Waals surface area contributed by atoms with Gasteiger partial charge in [0.05, 0.1) is 23.6 Å². The van der Waals surface area contributed by atoms with Crippen molar-refractivity contribution in [3.8, 4) is 11.3 Å². The number of ketones is 1. The van der Waals surface area contributed by atoms with E-state index in [0.29, 0.717) is 34.3 Å². The molecular weight excluding hydrogens is 478 g/mol. The maximum absolute atomic E-state index is 12.7. The first-order chi connectivity index (χ1) is 16.4. The van der Waals surface area contributed by atoms with Gasteiger partial charge in [0.2, 0.25) is 0 Å². The van der Waals surface area contributed by atoms with E-state index in [1.54, 1.807) is 67.6 Å². The lowest BCUT2D eigenvalue weighted by molar-refractivity contribution is -0.122. The predicted molar refractivity (Wildman–Crippen MR) is 129 cm³/mol. The Morgan fingerprint density at radius 1 is 1.00 bits per heavy atom. The standard InChI is InChI=1S/C25H18ClNO6S/c1-2-32-24(30)17-5-3-16(4-6-17)21-12-11-19(33-21)13-22-23(29)27(25(31)34-22)14-20(28)15-7-9-18(26)10-8-15/h3-13H,2,14H2,1H3/b22-13+. The Kier molecular flexibility index (Phi) is 7.00. The van der Waals surface area contributed by atoms with E-state index in [4.69, 9.17) is 20.8 Å². The number of hydrogen-bond donors (Lipinski definition) is 0. The Bertz CT molecular complexity index is 1290. The van der Waals surface area contributed by atoms with Crippen LogP contribution in [0.2, 0.25) is 5.02 Å². The zero-order valence-electron chi connectivity index (χ0n) is 17.9. The molecule has 1 saturated heterocycles. The summed E-state index contributed by atoms with van der Waals surface area (Å²) in [6.07, 6.45) is 1.47. The molecule has 0 spiro atoms. The number of thioether (sulfide) groups is 1. The number of imide groups is 1. The summed E-state index contributed by atoms with van der Waals surface area (Å²) in [6.45, 7) is 1.67. The fraction of sp³-hybridized carbons (Fsp3) is 0.120. The van der Waals surface area contributed by atoms with Crippen molar-refractivity contribution >= 4 is 52.3 Å². The zero-order valence-corrected chi connectivity index (χ0v) is 19.5. The minimum atomic E-state index is -0.561. The minimum absolute atomic E-state index is 0.160. The van der Waals surface area contributed by atoms with Crippen LogP contribution in [-0.2, 0) is 9.53 Å². The molecule has 3 aromatic rings. The molecule has 7 nitrogen and oxygen atoms in total. The van der Waals surface area contributed by atoms with E-state index in [1.165, 1.54) is 6.08 Å². The van der Waals surface area contributed by atoms with Crippen molar-refractivity contribution in [1.29, 1.82) is 0 Å². The summed E-state index contributed by atoms with van der Waals surface area (Å²) in [7, 11) is 0. The predicted octanol–water partition coefficient (Wildman–Crippen LogP) is 5.70. The van der Waals surface area contributed by atoms with Crippen LogP contribution >= 0.6 is 23.4 Å². The number of Topliss-reactive ketones (excluding diaryl/α,β-unsaturated/α-hetero) is 1. The van der Waals surface area contributed by atoms with Crippen LogP contribution in [0.15, 0.2) is 70.0 Å². The maximum Gasteiger partial charge on any atom is 0.338 e. The first-order valence-electron chi connectivity index (χ1n) is 10.3. The molecule has 0 atom stereocenters. The number of ether oxygens (including phenoxy) is 1. The molecule has 0 radical (unpaired) electrons. The first kappa shape index (κ1) is 23.5. The van der Waals surface area contributed by atoms with Crippen LogP contribution in [0.25, 0.3) is 17.4 Å². The van der Waals surface area contributed by atoms with Crippen molar-refractivity contribution in [3.05, 3.63) is 87.5 Å². The SMILES string of the molecule is CCOC(=O)c1ccc(-c2ccc(/C=C3/SC(=O)N(CC(=O)c4ccc(Cl)cc4)C3=O)o2)cc1. The van der Waals surface area contributed by atoms with Crippen LogP contribution in [0.1, 0.15) is 33.4 Å². The lowest BCUT2D eigenvalue weighted by Crippen LogP contribution is -2.33. The van der Waals surface area contributed by atoms with Crippen LogP contribution in [-0.4, -0.2) is 41.0 Å². The van der Waals surface area contributed by atoms with Gasteiger partial charge in [0.1, 0.15) is 11.5 Å². The van der Waals surface area contributed by atoms with Crippen molar-refractivity contribution in [2.75, 3.05) is 13.2 Å². The Balaban J connectivity index is 1.46. The molecule has 4 rings (SSSR count). The fourth-order valence-electron chi connectivity index (χ4n) is 3.21. The lowest BCUT2D eigenvalue weighted by Gasteiger charge is -2.11. The van der Waals surface area contributed by atoms with Gasteiger partial charge in [0, 0.05) is 22.2 Å². The number of esters is 1. The molecule has 2 heterocycles. The second kappa shape index (κ2) is 10.1. The largest absolute Gasteiger partial charge is 0.462 e. The Morgan fingerprint density at radius 2 is 1.68 bits per heavy atom. The van der Waals surface area contributed by atoms with E-state index in [-0.39, 0.29) is 17.2 Å². The zero-order chi connectivity index (χ0) is 24.2. The number of benzene rings is 2. The quantitative estimate of drug-likeness (QED) is 0.236. The topological polar surface area (TPSA) is 93.9 Å².